The third-order valence-electron chi connectivity index (χ3n) is 3.09. The first-order valence-electron chi connectivity index (χ1n) is 6.20. The summed E-state index contributed by atoms with van der Waals surface area (Å²) in [6.07, 6.45) is -3.24. The number of rotatable bonds is 3. The van der Waals surface area contributed by atoms with Crippen LogP contribution in [0.4, 0.5) is 13.2 Å². The van der Waals surface area contributed by atoms with Gasteiger partial charge in [0.2, 0.25) is 0 Å². The summed E-state index contributed by atoms with van der Waals surface area (Å²) in [5.74, 6) is 0.329. The Morgan fingerprint density at radius 1 is 1.20 bits per heavy atom. The molecule has 0 bridgehead atoms. The molecule has 0 aliphatic carbocycles. The first kappa shape index (κ1) is 15.0. The molecule has 20 heavy (non-hydrogen) atoms. The normalized spacial score (nSPS) is 12.2. The van der Waals surface area contributed by atoms with Crippen LogP contribution in [-0.2, 0) is 11.9 Å². The van der Waals surface area contributed by atoms with Crippen molar-refractivity contribution in [2.75, 3.05) is 0 Å². The zero-order valence-corrected chi connectivity index (χ0v) is 12.0. The Balaban J connectivity index is 2.50. The van der Waals surface area contributed by atoms with E-state index in [9.17, 15) is 13.2 Å². The van der Waals surface area contributed by atoms with E-state index in [2.05, 4.69) is 17.7 Å². The van der Waals surface area contributed by atoms with Crippen molar-refractivity contribution in [3.8, 4) is 5.69 Å². The fraction of sp³-hybridized carbons (Fsp3) is 0.357. The van der Waals surface area contributed by atoms with Crippen LogP contribution >= 0.6 is 12.6 Å². The minimum atomic E-state index is -4.45. The lowest BCUT2D eigenvalue weighted by atomic mass is 10.0. The van der Waals surface area contributed by atoms with Crippen LogP contribution in [0.2, 0.25) is 0 Å². The Morgan fingerprint density at radius 2 is 1.80 bits per heavy atom. The number of thiol groups is 1. The van der Waals surface area contributed by atoms with E-state index >= 15 is 0 Å². The highest BCUT2D eigenvalue weighted by Gasteiger charge is 2.38. The monoisotopic (exact) mass is 300 g/mol. The Kier molecular flexibility index (Phi) is 4.13. The zero-order chi connectivity index (χ0) is 14.9. The van der Waals surface area contributed by atoms with E-state index in [1.54, 1.807) is 12.1 Å². The van der Waals surface area contributed by atoms with Gasteiger partial charge in [0.05, 0.1) is 11.9 Å². The quantitative estimate of drug-likeness (QED) is 0.829. The van der Waals surface area contributed by atoms with Crippen molar-refractivity contribution >= 4 is 12.6 Å². The van der Waals surface area contributed by atoms with Gasteiger partial charge < -0.3 is 0 Å². The van der Waals surface area contributed by atoms with Gasteiger partial charge in [-0.15, -0.1) is 0 Å². The average molecular weight is 300 g/mol. The summed E-state index contributed by atoms with van der Waals surface area (Å²) in [7, 11) is 0. The van der Waals surface area contributed by atoms with Crippen molar-refractivity contribution in [3.63, 3.8) is 0 Å². The highest BCUT2D eigenvalue weighted by molar-refractivity contribution is 7.79. The Hall–Kier alpha value is -1.43. The maximum absolute atomic E-state index is 13.1. The summed E-state index contributed by atoms with van der Waals surface area (Å²) in [5.41, 5.74) is 0.789. The first-order valence-corrected chi connectivity index (χ1v) is 6.83. The Labute approximate surface area is 121 Å². The van der Waals surface area contributed by atoms with Crippen LogP contribution < -0.4 is 0 Å². The molecule has 0 saturated heterocycles. The van der Waals surface area contributed by atoms with Crippen molar-refractivity contribution in [1.29, 1.82) is 0 Å². The highest BCUT2D eigenvalue weighted by atomic mass is 32.1. The van der Waals surface area contributed by atoms with Crippen LogP contribution in [0.5, 0.6) is 0 Å². The van der Waals surface area contributed by atoms with Crippen LogP contribution in [0.25, 0.3) is 5.69 Å². The van der Waals surface area contributed by atoms with E-state index in [1.807, 2.05) is 26.0 Å². The molecule has 0 saturated carbocycles. The number of nitrogens with zero attached hydrogens (tertiary/aromatic N) is 2. The van der Waals surface area contributed by atoms with Gasteiger partial charge in [0.1, 0.15) is 0 Å². The first-order chi connectivity index (χ1) is 9.34. The smallest absolute Gasteiger partial charge is 0.228 e. The predicted octanol–water partition coefficient (Wildman–Crippen LogP) is 4.44. The van der Waals surface area contributed by atoms with Crippen molar-refractivity contribution in [3.05, 3.63) is 47.3 Å². The van der Waals surface area contributed by atoms with Gasteiger partial charge in [0.15, 0.2) is 5.69 Å². The summed E-state index contributed by atoms with van der Waals surface area (Å²) in [5, 5.41) is 3.85. The molecule has 108 valence electrons. The molecule has 2 aromatic rings. The third-order valence-corrected chi connectivity index (χ3v) is 3.43. The maximum Gasteiger partial charge on any atom is 0.433 e. The summed E-state index contributed by atoms with van der Waals surface area (Å²) in [4.78, 5) is 0. The van der Waals surface area contributed by atoms with Crippen molar-refractivity contribution in [2.45, 2.75) is 31.7 Å². The van der Waals surface area contributed by atoms with Crippen molar-refractivity contribution in [2.24, 2.45) is 0 Å². The van der Waals surface area contributed by atoms with Gasteiger partial charge in [-0.25, -0.2) is 4.68 Å². The molecule has 0 amide bonds. The van der Waals surface area contributed by atoms with Gasteiger partial charge in [0, 0.05) is 11.3 Å². The number of hydrogen-bond donors (Lipinski definition) is 1. The fourth-order valence-electron chi connectivity index (χ4n) is 2.00. The molecule has 2 nitrogen and oxygen atoms in total. The number of hydrogen-bond acceptors (Lipinski definition) is 2. The van der Waals surface area contributed by atoms with Crippen molar-refractivity contribution < 1.29 is 13.2 Å². The molecule has 6 heteroatoms. The van der Waals surface area contributed by atoms with E-state index in [0.29, 0.717) is 11.6 Å². The minimum Gasteiger partial charge on any atom is -0.228 e. The Morgan fingerprint density at radius 3 is 2.25 bits per heavy atom. The van der Waals surface area contributed by atoms with E-state index in [0.717, 1.165) is 10.2 Å². The molecule has 0 unspecified atom stereocenters. The van der Waals surface area contributed by atoms with E-state index in [4.69, 9.17) is 0 Å². The number of halogens is 3. The van der Waals surface area contributed by atoms with Gasteiger partial charge in [0.25, 0.3) is 0 Å². The number of benzene rings is 1. The van der Waals surface area contributed by atoms with Gasteiger partial charge in [-0.3, -0.25) is 0 Å². The third kappa shape index (κ3) is 2.85. The number of aromatic nitrogens is 2. The standard InChI is InChI=1S/C14H15F3N2S/c1-9(2)10-3-5-12(6-4-10)19-13(14(15,16)17)11(8-20)7-18-19/h3-7,9,20H,8H2,1-2H3. The van der Waals surface area contributed by atoms with Gasteiger partial charge in [-0.05, 0) is 23.6 Å². The second kappa shape index (κ2) is 5.52. The van der Waals surface area contributed by atoms with Gasteiger partial charge in [-0.1, -0.05) is 26.0 Å². The molecule has 0 spiro atoms. The molecule has 1 aromatic carbocycles. The summed E-state index contributed by atoms with van der Waals surface area (Å²) in [6.45, 7) is 4.06. The predicted molar refractivity (Wildman–Crippen MR) is 75.3 cm³/mol. The van der Waals surface area contributed by atoms with Crippen LogP contribution in [0, 0.1) is 0 Å². The largest absolute Gasteiger partial charge is 0.433 e. The highest BCUT2D eigenvalue weighted by Crippen LogP contribution is 2.34. The van der Waals surface area contributed by atoms with Gasteiger partial charge in [-0.2, -0.15) is 30.9 Å². The van der Waals surface area contributed by atoms with Crippen LogP contribution in [0.15, 0.2) is 30.5 Å². The van der Waals surface area contributed by atoms with Gasteiger partial charge >= 0.3 is 6.18 Å². The minimum absolute atomic E-state index is 0.00107. The molecule has 0 fully saturated rings. The molecule has 2 rings (SSSR count). The summed E-state index contributed by atoms with van der Waals surface area (Å²) >= 11 is 3.93. The topological polar surface area (TPSA) is 17.8 Å². The molecule has 0 aliphatic rings. The van der Waals surface area contributed by atoms with E-state index < -0.39 is 11.9 Å². The molecule has 0 radical (unpaired) electrons. The Bertz CT molecular complexity index is 585. The summed E-state index contributed by atoms with van der Waals surface area (Å²) in [6, 6.07) is 6.95. The number of alkyl halides is 3. The average Bonchev–Trinajstić information content (AvgIpc) is 2.82. The molecular formula is C14H15F3N2S. The van der Waals surface area contributed by atoms with Crippen LogP contribution in [0.3, 0.4) is 0 Å². The lowest BCUT2D eigenvalue weighted by molar-refractivity contribution is -0.143. The lowest BCUT2D eigenvalue weighted by Gasteiger charge is -2.13. The molecule has 0 N–H and O–H groups in total. The molecule has 0 aliphatic heterocycles. The zero-order valence-electron chi connectivity index (χ0n) is 11.1. The molecule has 1 heterocycles. The second-order valence-electron chi connectivity index (χ2n) is 4.83. The van der Waals surface area contributed by atoms with Crippen LogP contribution in [-0.4, -0.2) is 9.78 Å². The molecule has 1 aromatic heterocycles. The lowest BCUT2D eigenvalue weighted by Crippen LogP contribution is -2.15. The summed E-state index contributed by atoms with van der Waals surface area (Å²) < 4.78 is 40.3. The second-order valence-corrected chi connectivity index (χ2v) is 5.15. The SMILES string of the molecule is CC(C)c1ccc(-n2ncc(CS)c2C(F)(F)F)cc1. The molecular weight excluding hydrogens is 285 g/mol. The fourth-order valence-corrected chi connectivity index (χ4v) is 2.23. The maximum atomic E-state index is 13.1. The molecule has 0 atom stereocenters. The van der Waals surface area contributed by atoms with Crippen molar-refractivity contribution in [1.82, 2.24) is 9.78 Å². The van der Waals surface area contributed by atoms with Crippen LogP contribution in [0.1, 0.15) is 36.6 Å². The van der Waals surface area contributed by atoms with E-state index in [-0.39, 0.29) is 11.3 Å². The van der Waals surface area contributed by atoms with E-state index in [1.165, 1.54) is 6.20 Å².